The Hall–Kier alpha value is -0.740. The number of carboxylic acid groups (broad SMARTS) is 1. The van der Waals surface area contributed by atoms with Gasteiger partial charge in [-0.2, -0.15) is 5.10 Å². The van der Waals surface area contributed by atoms with Gasteiger partial charge in [0.05, 0.1) is 11.8 Å². The van der Waals surface area contributed by atoms with Crippen molar-refractivity contribution in [3.05, 3.63) is 18.0 Å². The molecule has 1 aromatic heterocycles. The van der Waals surface area contributed by atoms with Crippen molar-refractivity contribution >= 4 is 30.8 Å². The predicted octanol–water partition coefficient (Wildman–Crippen LogP) is 0.962. The Labute approximate surface area is 76.0 Å². The van der Waals surface area contributed by atoms with Crippen molar-refractivity contribution < 1.29 is 9.90 Å². The Kier molecular flexibility index (Phi) is 5.84. The third kappa shape index (κ3) is 3.25. The van der Waals surface area contributed by atoms with Crippen LogP contribution in [0, 0.1) is 0 Å². The Balaban J connectivity index is 0. The van der Waals surface area contributed by atoms with Crippen LogP contribution >= 0.6 is 24.8 Å². The van der Waals surface area contributed by atoms with E-state index in [2.05, 4.69) is 5.10 Å². The van der Waals surface area contributed by atoms with E-state index in [1.807, 2.05) is 0 Å². The van der Waals surface area contributed by atoms with Crippen molar-refractivity contribution in [2.75, 3.05) is 0 Å². The van der Waals surface area contributed by atoms with Crippen LogP contribution in [0.25, 0.3) is 0 Å². The van der Waals surface area contributed by atoms with Crippen LogP contribution < -0.4 is 0 Å². The van der Waals surface area contributed by atoms with Crippen LogP contribution in [0.2, 0.25) is 0 Å². The maximum atomic E-state index is 10.2. The number of nitrogens with zero attached hydrogens (tertiary/aromatic N) is 2. The summed E-state index contributed by atoms with van der Waals surface area (Å²) in [4.78, 5) is 10.2. The van der Waals surface area contributed by atoms with Gasteiger partial charge in [-0.3, -0.25) is 4.68 Å². The minimum Gasteiger partial charge on any atom is -0.478 e. The molecule has 0 aliphatic heterocycles. The summed E-state index contributed by atoms with van der Waals surface area (Å²) < 4.78 is 1.45. The summed E-state index contributed by atoms with van der Waals surface area (Å²) >= 11 is 0. The maximum Gasteiger partial charge on any atom is 0.338 e. The highest BCUT2D eigenvalue weighted by molar-refractivity contribution is 5.86. The molecule has 0 bridgehead atoms. The van der Waals surface area contributed by atoms with Crippen molar-refractivity contribution in [2.24, 2.45) is 7.05 Å². The molecule has 1 aromatic rings. The molecule has 6 heteroatoms. The summed E-state index contributed by atoms with van der Waals surface area (Å²) in [5, 5.41) is 12.0. The van der Waals surface area contributed by atoms with Gasteiger partial charge in [-0.25, -0.2) is 4.79 Å². The van der Waals surface area contributed by atoms with Gasteiger partial charge < -0.3 is 5.11 Å². The van der Waals surface area contributed by atoms with Crippen LogP contribution in [-0.2, 0) is 7.05 Å². The first-order valence-corrected chi connectivity index (χ1v) is 2.42. The number of carboxylic acids is 1. The van der Waals surface area contributed by atoms with Gasteiger partial charge in [-0.15, -0.1) is 24.8 Å². The second-order valence-corrected chi connectivity index (χ2v) is 1.71. The monoisotopic (exact) mass is 198 g/mol. The number of aryl methyl sites for hydroxylation is 1. The Morgan fingerprint density at radius 1 is 1.64 bits per heavy atom. The third-order valence-electron chi connectivity index (χ3n) is 0.952. The summed E-state index contributed by atoms with van der Waals surface area (Å²) in [6.07, 6.45) is 2.75. The lowest BCUT2D eigenvalue weighted by molar-refractivity contribution is 0.0697. The third-order valence-corrected chi connectivity index (χ3v) is 0.952. The summed E-state index contributed by atoms with van der Waals surface area (Å²) in [5.74, 6) is -0.942. The molecule has 0 aliphatic rings. The Morgan fingerprint density at radius 2 is 2.18 bits per heavy atom. The molecule has 0 saturated carbocycles. The molecule has 0 aromatic carbocycles. The molecule has 0 spiro atoms. The van der Waals surface area contributed by atoms with E-state index >= 15 is 0 Å². The van der Waals surface area contributed by atoms with Gasteiger partial charge in [-0.05, 0) is 0 Å². The quantitative estimate of drug-likeness (QED) is 0.732. The summed E-state index contributed by atoms with van der Waals surface area (Å²) in [7, 11) is 1.67. The van der Waals surface area contributed by atoms with Gasteiger partial charge in [0, 0.05) is 13.2 Å². The molecule has 4 nitrogen and oxygen atoms in total. The van der Waals surface area contributed by atoms with E-state index in [4.69, 9.17) is 5.11 Å². The van der Waals surface area contributed by atoms with Crippen LogP contribution in [0.5, 0.6) is 0 Å². The van der Waals surface area contributed by atoms with Gasteiger partial charge in [0.15, 0.2) is 0 Å². The van der Waals surface area contributed by atoms with Crippen LogP contribution in [0.15, 0.2) is 12.4 Å². The number of hydrogen-bond acceptors (Lipinski definition) is 2. The van der Waals surface area contributed by atoms with E-state index in [1.165, 1.54) is 17.1 Å². The molecule has 0 fully saturated rings. The van der Waals surface area contributed by atoms with E-state index in [1.54, 1.807) is 7.05 Å². The Morgan fingerprint density at radius 3 is 2.36 bits per heavy atom. The first-order chi connectivity index (χ1) is 4.20. The van der Waals surface area contributed by atoms with E-state index in [0.29, 0.717) is 0 Å². The second kappa shape index (κ2) is 4.98. The number of carbonyl (C=O) groups is 1. The molecule has 1 N–H and O–H groups in total. The standard InChI is InChI=1S/C5H6N2O2.2ClH/c1-7-3-4(2-6-7)5(8)9;;/h2-3H,1H3,(H,8,9);2*1H. The summed E-state index contributed by atoms with van der Waals surface area (Å²) in [6.45, 7) is 0. The normalized spacial score (nSPS) is 7.73. The highest BCUT2D eigenvalue weighted by atomic mass is 35.5. The molecule has 0 atom stereocenters. The van der Waals surface area contributed by atoms with E-state index in [-0.39, 0.29) is 30.4 Å². The zero-order chi connectivity index (χ0) is 6.85. The molecular weight excluding hydrogens is 191 g/mol. The van der Waals surface area contributed by atoms with Crippen molar-refractivity contribution in [3.63, 3.8) is 0 Å². The fourth-order valence-electron chi connectivity index (χ4n) is 0.532. The van der Waals surface area contributed by atoms with Gasteiger partial charge in [0.25, 0.3) is 0 Å². The molecule has 0 unspecified atom stereocenters. The number of rotatable bonds is 1. The molecule has 0 amide bonds. The topological polar surface area (TPSA) is 55.1 Å². The lowest BCUT2D eigenvalue weighted by Gasteiger charge is -1.81. The van der Waals surface area contributed by atoms with Crippen LogP contribution in [0.4, 0.5) is 0 Å². The van der Waals surface area contributed by atoms with Crippen molar-refractivity contribution in [2.45, 2.75) is 0 Å². The fourth-order valence-corrected chi connectivity index (χ4v) is 0.532. The van der Waals surface area contributed by atoms with Crippen molar-refractivity contribution in [1.29, 1.82) is 0 Å². The number of aromatic nitrogens is 2. The predicted molar refractivity (Wildman–Crippen MR) is 44.7 cm³/mol. The van der Waals surface area contributed by atoms with Gasteiger partial charge in [-0.1, -0.05) is 0 Å². The average Bonchev–Trinajstić information content (AvgIpc) is 2.14. The lowest BCUT2D eigenvalue weighted by atomic mass is 10.4. The number of halogens is 2. The molecule has 0 radical (unpaired) electrons. The smallest absolute Gasteiger partial charge is 0.338 e. The first kappa shape index (κ1) is 12.9. The minimum absolute atomic E-state index is 0. The van der Waals surface area contributed by atoms with Gasteiger partial charge >= 0.3 is 5.97 Å². The molecule has 0 saturated heterocycles. The van der Waals surface area contributed by atoms with Gasteiger partial charge in [0.2, 0.25) is 0 Å². The average molecular weight is 199 g/mol. The van der Waals surface area contributed by atoms with Crippen LogP contribution in [0.1, 0.15) is 10.4 Å². The molecule has 1 rings (SSSR count). The maximum absolute atomic E-state index is 10.2. The SMILES string of the molecule is Cl.Cl.Cn1cc(C(=O)O)cn1. The van der Waals surface area contributed by atoms with Crippen molar-refractivity contribution in [1.82, 2.24) is 9.78 Å². The molecule has 1 heterocycles. The number of hydrogen-bond donors (Lipinski definition) is 1. The van der Waals surface area contributed by atoms with Crippen LogP contribution in [0.3, 0.4) is 0 Å². The zero-order valence-corrected chi connectivity index (χ0v) is 7.35. The second-order valence-electron chi connectivity index (χ2n) is 1.71. The highest BCUT2D eigenvalue weighted by Gasteiger charge is 2.02. The van der Waals surface area contributed by atoms with Crippen LogP contribution in [-0.4, -0.2) is 20.9 Å². The lowest BCUT2D eigenvalue weighted by Crippen LogP contribution is -1.92. The summed E-state index contributed by atoms with van der Waals surface area (Å²) in [5.41, 5.74) is 0.220. The highest BCUT2D eigenvalue weighted by Crippen LogP contribution is 1.93. The fraction of sp³-hybridized carbons (Fsp3) is 0.200. The van der Waals surface area contributed by atoms with Crippen molar-refractivity contribution in [3.8, 4) is 0 Å². The Bertz CT molecular complexity index is 236. The molecule has 0 aliphatic carbocycles. The molecular formula is C5H8Cl2N2O2. The van der Waals surface area contributed by atoms with E-state index < -0.39 is 5.97 Å². The molecule has 64 valence electrons. The number of aromatic carboxylic acids is 1. The summed E-state index contributed by atoms with van der Waals surface area (Å²) in [6, 6.07) is 0. The minimum atomic E-state index is -0.942. The molecule has 11 heavy (non-hydrogen) atoms. The van der Waals surface area contributed by atoms with Gasteiger partial charge in [0.1, 0.15) is 0 Å². The van der Waals surface area contributed by atoms with E-state index in [9.17, 15) is 4.79 Å². The largest absolute Gasteiger partial charge is 0.478 e. The first-order valence-electron chi connectivity index (χ1n) is 2.42. The zero-order valence-electron chi connectivity index (χ0n) is 5.72. The van der Waals surface area contributed by atoms with E-state index in [0.717, 1.165) is 0 Å².